The molecule has 0 saturated heterocycles. The first-order valence-electron chi connectivity index (χ1n) is 8.08. The van der Waals surface area contributed by atoms with Crippen LogP contribution in [0.3, 0.4) is 0 Å². The van der Waals surface area contributed by atoms with Gasteiger partial charge in [0.15, 0.2) is 0 Å². The van der Waals surface area contributed by atoms with Gasteiger partial charge in [-0.25, -0.2) is 0 Å². The average Bonchev–Trinajstić information content (AvgIpc) is 3.20. The molecule has 3 rings (SSSR count). The lowest BCUT2D eigenvalue weighted by atomic mass is 9.82. The Kier molecular flexibility index (Phi) is 4.64. The van der Waals surface area contributed by atoms with Crippen LogP contribution in [0.5, 0.6) is 0 Å². The summed E-state index contributed by atoms with van der Waals surface area (Å²) in [6.45, 7) is 0. The van der Waals surface area contributed by atoms with Crippen molar-refractivity contribution in [2.24, 2.45) is 23.7 Å². The Labute approximate surface area is 139 Å². The second-order valence-electron chi connectivity index (χ2n) is 6.34. The third kappa shape index (κ3) is 3.32. The highest BCUT2D eigenvalue weighted by Gasteiger charge is 2.48. The number of hydrogen-bond acceptors (Lipinski definition) is 4. The highest BCUT2D eigenvalue weighted by Crippen LogP contribution is 2.47. The van der Waals surface area contributed by atoms with Crippen LogP contribution >= 0.6 is 0 Å². The number of aryl methyl sites for hydroxylation is 1. The molecule has 24 heavy (non-hydrogen) atoms. The molecule has 126 valence electrons. The second kappa shape index (κ2) is 6.86. The number of aliphatic carboxylic acids is 1. The van der Waals surface area contributed by atoms with Crippen molar-refractivity contribution in [3.05, 3.63) is 48.0 Å². The third-order valence-corrected chi connectivity index (χ3v) is 4.84. The van der Waals surface area contributed by atoms with E-state index in [-0.39, 0.29) is 24.2 Å². The van der Waals surface area contributed by atoms with Gasteiger partial charge in [0.05, 0.1) is 5.92 Å². The van der Waals surface area contributed by atoms with Crippen molar-refractivity contribution in [2.45, 2.75) is 19.3 Å². The number of carbonyl (C=O) groups excluding carboxylic acids is 3. The Hall–Kier alpha value is -2.63. The van der Waals surface area contributed by atoms with Crippen LogP contribution in [0.4, 0.5) is 0 Å². The van der Waals surface area contributed by atoms with Crippen LogP contribution in [0.15, 0.2) is 42.5 Å². The largest absolute Gasteiger partial charge is 0.550 e. The number of nitrogens with one attached hydrogen (secondary N) is 2. The molecule has 0 aromatic heterocycles. The van der Waals surface area contributed by atoms with Gasteiger partial charge in [-0.05, 0) is 30.2 Å². The number of carbonyl (C=O) groups is 3. The maximum atomic E-state index is 12.3. The van der Waals surface area contributed by atoms with E-state index in [1.165, 1.54) is 0 Å². The van der Waals surface area contributed by atoms with Crippen LogP contribution in [0.2, 0.25) is 0 Å². The van der Waals surface area contributed by atoms with Gasteiger partial charge in [-0.15, -0.1) is 0 Å². The molecule has 2 aliphatic carbocycles. The summed E-state index contributed by atoms with van der Waals surface area (Å²) in [5.74, 6) is -3.73. The van der Waals surface area contributed by atoms with Crippen molar-refractivity contribution < 1.29 is 19.5 Å². The molecule has 0 radical (unpaired) electrons. The summed E-state index contributed by atoms with van der Waals surface area (Å²) < 4.78 is 0. The fourth-order valence-electron chi connectivity index (χ4n) is 3.68. The van der Waals surface area contributed by atoms with Crippen molar-refractivity contribution >= 4 is 17.8 Å². The van der Waals surface area contributed by atoms with E-state index < -0.39 is 23.7 Å². The molecule has 1 fully saturated rings. The van der Waals surface area contributed by atoms with E-state index in [0.717, 1.165) is 5.56 Å². The lowest BCUT2D eigenvalue weighted by Crippen LogP contribution is -2.50. The highest BCUT2D eigenvalue weighted by atomic mass is 16.4. The Bertz CT molecular complexity index is 671. The lowest BCUT2D eigenvalue weighted by molar-refractivity contribution is -0.313. The van der Waals surface area contributed by atoms with Crippen molar-refractivity contribution in [1.82, 2.24) is 10.9 Å². The van der Waals surface area contributed by atoms with Gasteiger partial charge >= 0.3 is 0 Å². The Balaban J connectivity index is 1.49. The number of hydrogen-bond donors (Lipinski definition) is 2. The number of carboxylic acid groups (broad SMARTS) is 1. The van der Waals surface area contributed by atoms with Gasteiger partial charge in [0.1, 0.15) is 0 Å². The molecule has 0 spiro atoms. The number of amides is 2. The van der Waals surface area contributed by atoms with Crippen LogP contribution in [-0.4, -0.2) is 17.8 Å². The molecule has 1 saturated carbocycles. The molecule has 1 aromatic rings. The van der Waals surface area contributed by atoms with Crippen molar-refractivity contribution in [1.29, 1.82) is 0 Å². The summed E-state index contributed by atoms with van der Waals surface area (Å²) in [6, 6.07) is 9.56. The molecule has 4 atom stereocenters. The number of allylic oxidation sites excluding steroid dienone is 2. The van der Waals surface area contributed by atoms with E-state index in [4.69, 9.17) is 0 Å². The fraction of sp³-hybridized carbons (Fsp3) is 0.389. The first-order valence-corrected chi connectivity index (χ1v) is 8.08. The molecular formula is C18H19N2O4-. The highest BCUT2D eigenvalue weighted by molar-refractivity contribution is 5.88. The van der Waals surface area contributed by atoms with Crippen LogP contribution in [0, 0.1) is 23.7 Å². The molecule has 1 aromatic carbocycles. The predicted molar refractivity (Wildman–Crippen MR) is 83.8 cm³/mol. The lowest BCUT2D eigenvalue weighted by Gasteiger charge is -2.27. The Morgan fingerprint density at radius 1 is 1.00 bits per heavy atom. The molecule has 0 aliphatic heterocycles. The van der Waals surface area contributed by atoms with Crippen LogP contribution in [-0.2, 0) is 20.8 Å². The molecule has 0 unspecified atom stereocenters. The zero-order valence-corrected chi connectivity index (χ0v) is 13.1. The zero-order chi connectivity index (χ0) is 17.1. The Morgan fingerprint density at radius 3 is 2.33 bits per heavy atom. The molecule has 6 nitrogen and oxygen atoms in total. The minimum atomic E-state index is -1.21. The smallest absolute Gasteiger partial charge is 0.242 e. The van der Waals surface area contributed by atoms with Gasteiger partial charge in [-0.3, -0.25) is 20.4 Å². The van der Waals surface area contributed by atoms with Crippen molar-refractivity contribution in [3.8, 4) is 0 Å². The topological polar surface area (TPSA) is 98.3 Å². The van der Waals surface area contributed by atoms with Gasteiger partial charge < -0.3 is 9.90 Å². The SMILES string of the molecule is O=C(CCc1ccccc1)NNC(=O)[C@@H]1[C@@H](C(=O)[O-])[C@H]2C=C[C@@H]1C2. The van der Waals surface area contributed by atoms with Crippen molar-refractivity contribution in [2.75, 3.05) is 0 Å². The summed E-state index contributed by atoms with van der Waals surface area (Å²) >= 11 is 0. The molecule has 2 aliphatic rings. The number of fused-ring (bicyclic) bond motifs is 2. The van der Waals surface area contributed by atoms with Gasteiger partial charge in [0.2, 0.25) is 11.8 Å². The monoisotopic (exact) mass is 327 g/mol. The van der Waals surface area contributed by atoms with Gasteiger partial charge in [-0.2, -0.15) is 0 Å². The van der Waals surface area contributed by atoms with Gasteiger partial charge in [-0.1, -0.05) is 42.5 Å². The summed E-state index contributed by atoms with van der Waals surface area (Å²) in [7, 11) is 0. The van der Waals surface area contributed by atoms with E-state index in [9.17, 15) is 19.5 Å². The summed E-state index contributed by atoms with van der Waals surface area (Å²) in [6.07, 6.45) is 5.18. The standard InChI is InChI=1S/C18H20N2O4/c21-14(9-6-11-4-2-1-3-5-11)19-20-17(22)15-12-7-8-13(10-12)16(15)18(23)24/h1-5,7-8,12-13,15-16H,6,9-10H2,(H,19,21)(H,20,22)(H,23,24)/p-1/t12-,13+,15+,16+/m1/s1. The van der Waals surface area contributed by atoms with E-state index >= 15 is 0 Å². The van der Waals surface area contributed by atoms with Crippen LogP contribution < -0.4 is 16.0 Å². The van der Waals surface area contributed by atoms with Crippen molar-refractivity contribution in [3.63, 3.8) is 0 Å². The summed E-state index contributed by atoms with van der Waals surface area (Å²) in [4.78, 5) is 35.4. The first-order chi connectivity index (χ1) is 11.6. The number of hydrazine groups is 1. The second-order valence-corrected chi connectivity index (χ2v) is 6.34. The molecule has 0 heterocycles. The third-order valence-electron chi connectivity index (χ3n) is 4.84. The number of rotatable bonds is 5. The van der Waals surface area contributed by atoms with E-state index in [0.29, 0.717) is 12.8 Å². The summed E-state index contributed by atoms with van der Waals surface area (Å²) in [5.41, 5.74) is 5.78. The van der Waals surface area contributed by atoms with Gasteiger partial charge in [0.25, 0.3) is 0 Å². The summed E-state index contributed by atoms with van der Waals surface area (Å²) in [5, 5.41) is 11.3. The van der Waals surface area contributed by atoms with Crippen LogP contribution in [0.25, 0.3) is 0 Å². The quantitative estimate of drug-likeness (QED) is 0.585. The van der Waals surface area contributed by atoms with E-state index in [1.54, 1.807) is 0 Å². The minimum absolute atomic E-state index is 0.0980. The molecular weight excluding hydrogens is 308 g/mol. The minimum Gasteiger partial charge on any atom is -0.550 e. The first kappa shape index (κ1) is 16.2. The van der Waals surface area contributed by atoms with Gasteiger partial charge in [0, 0.05) is 18.3 Å². The maximum Gasteiger partial charge on any atom is 0.242 e. The number of benzene rings is 1. The van der Waals surface area contributed by atoms with Crippen LogP contribution in [0.1, 0.15) is 18.4 Å². The average molecular weight is 327 g/mol. The fourth-order valence-corrected chi connectivity index (χ4v) is 3.68. The molecule has 6 heteroatoms. The molecule has 2 amide bonds. The van der Waals surface area contributed by atoms with E-state index in [2.05, 4.69) is 10.9 Å². The number of carboxylic acids is 1. The zero-order valence-electron chi connectivity index (χ0n) is 13.1. The maximum absolute atomic E-state index is 12.3. The normalized spacial score (nSPS) is 27.0. The Morgan fingerprint density at radius 2 is 1.67 bits per heavy atom. The predicted octanol–water partition coefficient (Wildman–Crippen LogP) is -0.0452. The molecule has 2 bridgehead atoms. The van der Waals surface area contributed by atoms with E-state index in [1.807, 2.05) is 42.5 Å². The molecule has 2 N–H and O–H groups in total.